The lowest BCUT2D eigenvalue weighted by Crippen LogP contribution is -2.14. The summed E-state index contributed by atoms with van der Waals surface area (Å²) in [6.45, 7) is 2.01. The highest BCUT2D eigenvalue weighted by atomic mass is 35.5. The number of aromatic nitrogens is 3. The van der Waals surface area contributed by atoms with E-state index >= 15 is 0 Å². The first-order valence-corrected chi connectivity index (χ1v) is 10.7. The standard InChI is InChI=1S/C23H19ClN4OS/c1-16-7-13-19(14-8-16)25-21(29)15-30-23-27-26-22(17-9-11-18(24)12-10-17)28(23)20-5-3-2-4-6-20/h2-14H,15H2,1H3,(H,25,29). The van der Waals surface area contributed by atoms with Crippen molar-refractivity contribution in [3.63, 3.8) is 0 Å². The van der Waals surface area contributed by atoms with Crippen molar-refractivity contribution in [2.75, 3.05) is 11.1 Å². The van der Waals surface area contributed by atoms with Crippen molar-refractivity contribution in [3.8, 4) is 17.1 Å². The lowest BCUT2D eigenvalue weighted by molar-refractivity contribution is -0.113. The number of para-hydroxylation sites is 1. The van der Waals surface area contributed by atoms with Crippen molar-refractivity contribution in [1.29, 1.82) is 0 Å². The van der Waals surface area contributed by atoms with Crippen molar-refractivity contribution in [1.82, 2.24) is 14.8 Å². The number of amides is 1. The molecule has 7 heteroatoms. The highest BCUT2D eigenvalue weighted by Gasteiger charge is 2.17. The molecule has 3 aromatic carbocycles. The van der Waals surface area contributed by atoms with Crippen LogP contribution in [0.15, 0.2) is 84.0 Å². The minimum Gasteiger partial charge on any atom is -0.325 e. The third-order valence-corrected chi connectivity index (χ3v) is 5.60. The average Bonchev–Trinajstić information content (AvgIpc) is 3.19. The van der Waals surface area contributed by atoms with Gasteiger partial charge < -0.3 is 5.32 Å². The fraction of sp³-hybridized carbons (Fsp3) is 0.0870. The summed E-state index contributed by atoms with van der Waals surface area (Å²) in [5, 5.41) is 12.9. The fourth-order valence-electron chi connectivity index (χ4n) is 2.92. The fourth-order valence-corrected chi connectivity index (χ4v) is 3.80. The van der Waals surface area contributed by atoms with Gasteiger partial charge in [-0.15, -0.1) is 10.2 Å². The summed E-state index contributed by atoms with van der Waals surface area (Å²) in [4.78, 5) is 12.4. The number of halogens is 1. The van der Waals surface area contributed by atoms with Crippen molar-refractivity contribution >= 4 is 35.0 Å². The van der Waals surface area contributed by atoms with Gasteiger partial charge in [-0.05, 0) is 55.5 Å². The van der Waals surface area contributed by atoms with Gasteiger partial charge in [-0.25, -0.2) is 0 Å². The van der Waals surface area contributed by atoms with Gasteiger partial charge in [0.15, 0.2) is 11.0 Å². The Morgan fingerprint density at radius 2 is 1.67 bits per heavy atom. The van der Waals surface area contributed by atoms with Crippen molar-refractivity contribution in [2.24, 2.45) is 0 Å². The van der Waals surface area contributed by atoms with Crippen LogP contribution in [0.1, 0.15) is 5.56 Å². The molecule has 4 rings (SSSR count). The Hall–Kier alpha value is -3.09. The van der Waals surface area contributed by atoms with Crippen LogP contribution >= 0.6 is 23.4 Å². The highest BCUT2D eigenvalue weighted by molar-refractivity contribution is 7.99. The van der Waals surface area contributed by atoms with Crippen molar-refractivity contribution in [2.45, 2.75) is 12.1 Å². The molecular formula is C23H19ClN4OS. The molecular weight excluding hydrogens is 416 g/mol. The molecule has 0 radical (unpaired) electrons. The lowest BCUT2D eigenvalue weighted by Gasteiger charge is -2.10. The predicted molar refractivity (Wildman–Crippen MR) is 122 cm³/mol. The maximum atomic E-state index is 12.4. The number of thioether (sulfide) groups is 1. The Labute approximate surface area is 184 Å². The SMILES string of the molecule is Cc1ccc(NC(=O)CSc2nnc(-c3ccc(Cl)cc3)n2-c2ccccc2)cc1. The molecule has 150 valence electrons. The Morgan fingerprint density at radius 1 is 0.967 bits per heavy atom. The molecule has 0 bridgehead atoms. The molecule has 30 heavy (non-hydrogen) atoms. The molecule has 0 saturated heterocycles. The van der Waals surface area contributed by atoms with Gasteiger partial charge in [0, 0.05) is 22.0 Å². The van der Waals surface area contributed by atoms with Gasteiger partial charge >= 0.3 is 0 Å². The number of benzene rings is 3. The van der Waals surface area contributed by atoms with Crippen LogP contribution in [-0.2, 0) is 4.79 Å². The summed E-state index contributed by atoms with van der Waals surface area (Å²) in [6, 6.07) is 25.0. The van der Waals surface area contributed by atoms with Gasteiger partial charge in [-0.1, -0.05) is 59.3 Å². The molecule has 1 amide bonds. The third kappa shape index (κ3) is 4.72. The number of anilines is 1. The van der Waals surface area contributed by atoms with E-state index in [9.17, 15) is 4.79 Å². The van der Waals surface area contributed by atoms with E-state index in [0.717, 1.165) is 22.5 Å². The van der Waals surface area contributed by atoms with Crippen LogP contribution in [0.3, 0.4) is 0 Å². The first kappa shape index (κ1) is 20.2. The molecule has 0 aliphatic heterocycles. The number of aryl methyl sites for hydroxylation is 1. The van der Waals surface area contributed by atoms with E-state index in [-0.39, 0.29) is 11.7 Å². The normalized spacial score (nSPS) is 10.7. The molecule has 1 N–H and O–H groups in total. The smallest absolute Gasteiger partial charge is 0.234 e. The Kier molecular flexibility index (Phi) is 6.16. The topological polar surface area (TPSA) is 59.8 Å². The second-order valence-corrected chi connectivity index (χ2v) is 8.07. The minimum atomic E-state index is -0.0977. The highest BCUT2D eigenvalue weighted by Crippen LogP contribution is 2.28. The largest absolute Gasteiger partial charge is 0.325 e. The van der Waals surface area contributed by atoms with E-state index in [2.05, 4.69) is 15.5 Å². The Balaban J connectivity index is 1.57. The summed E-state index contributed by atoms with van der Waals surface area (Å²) < 4.78 is 1.95. The first-order valence-electron chi connectivity index (χ1n) is 9.36. The molecule has 0 unspecified atom stereocenters. The van der Waals surface area contributed by atoms with Crippen molar-refractivity contribution < 1.29 is 4.79 Å². The summed E-state index contributed by atoms with van der Waals surface area (Å²) in [5.41, 5.74) is 3.74. The second kappa shape index (κ2) is 9.15. The van der Waals surface area contributed by atoms with E-state index in [1.165, 1.54) is 11.8 Å². The molecule has 0 aliphatic carbocycles. The van der Waals surface area contributed by atoms with Crippen LogP contribution in [-0.4, -0.2) is 26.4 Å². The molecule has 0 aliphatic rings. The van der Waals surface area contributed by atoms with Crippen LogP contribution in [0.4, 0.5) is 5.69 Å². The number of hydrogen-bond acceptors (Lipinski definition) is 4. The number of rotatable bonds is 6. The molecule has 0 saturated carbocycles. The first-order chi connectivity index (χ1) is 14.6. The molecule has 5 nitrogen and oxygen atoms in total. The molecule has 1 heterocycles. The van der Waals surface area contributed by atoms with Crippen LogP contribution in [0.25, 0.3) is 17.1 Å². The molecule has 1 aromatic heterocycles. The van der Waals surface area contributed by atoms with Gasteiger partial charge in [0.25, 0.3) is 0 Å². The monoisotopic (exact) mass is 434 g/mol. The zero-order valence-corrected chi connectivity index (χ0v) is 17.8. The van der Waals surface area contributed by atoms with Gasteiger partial charge in [-0.2, -0.15) is 0 Å². The van der Waals surface area contributed by atoms with Crippen LogP contribution in [0.2, 0.25) is 5.02 Å². The third-order valence-electron chi connectivity index (χ3n) is 4.42. The van der Waals surface area contributed by atoms with Gasteiger partial charge in [0.2, 0.25) is 5.91 Å². The number of carbonyl (C=O) groups excluding carboxylic acids is 1. The average molecular weight is 435 g/mol. The summed E-state index contributed by atoms with van der Waals surface area (Å²) in [5.74, 6) is 0.818. The van der Waals surface area contributed by atoms with E-state index in [1.807, 2.05) is 90.4 Å². The maximum Gasteiger partial charge on any atom is 0.234 e. The van der Waals surface area contributed by atoms with Gasteiger partial charge in [0.05, 0.1) is 5.75 Å². The minimum absolute atomic E-state index is 0.0977. The number of hydrogen-bond donors (Lipinski definition) is 1. The number of nitrogens with zero attached hydrogens (tertiary/aromatic N) is 3. The summed E-state index contributed by atoms with van der Waals surface area (Å²) in [6.07, 6.45) is 0. The molecule has 0 atom stereocenters. The van der Waals surface area contributed by atoms with E-state index < -0.39 is 0 Å². The quantitative estimate of drug-likeness (QED) is 0.400. The van der Waals surface area contributed by atoms with Crippen LogP contribution in [0, 0.1) is 6.92 Å². The van der Waals surface area contributed by atoms with Gasteiger partial charge in [-0.3, -0.25) is 9.36 Å². The lowest BCUT2D eigenvalue weighted by atomic mass is 10.2. The zero-order chi connectivity index (χ0) is 20.9. The molecule has 4 aromatic rings. The van der Waals surface area contributed by atoms with Crippen LogP contribution < -0.4 is 5.32 Å². The molecule has 0 fully saturated rings. The maximum absolute atomic E-state index is 12.4. The van der Waals surface area contributed by atoms with Crippen molar-refractivity contribution in [3.05, 3.63) is 89.4 Å². The Morgan fingerprint density at radius 3 is 2.37 bits per heavy atom. The number of carbonyl (C=O) groups is 1. The number of nitrogens with one attached hydrogen (secondary N) is 1. The van der Waals surface area contributed by atoms with E-state index in [0.29, 0.717) is 16.0 Å². The second-order valence-electron chi connectivity index (χ2n) is 6.69. The van der Waals surface area contributed by atoms with E-state index in [1.54, 1.807) is 0 Å². The summed E-state index contributed by atoms with van der Waals surface area (Å²) >= 11 is 7.37. The van der Waals surface area contributed by atoms with E-state index in [4.69, 9.17) is 11.6 Å². The van der Waals surface area contributed by atoms with Crippen LogP contribution in [0.5, 0.6) is 0 Å². The molecule has 0 spiro atoms. The van der Waals surface area contributed by atoms with Gasteiger partial charge in [0.1, 0.15) is 0 Å². The summed E-state index contributed by atoms with van der Waals surface area (Å²) in [7, 11) is 0. The zero-order valence-electron chi connectivity index (χ0n) is 16.2. The Bertz CT molecular complexity index is 1140. The predicted octanol–water partition coefficient (Wildman–Crippen LogP) is 5.63.